The molecule has 19 heavy (non-hydrogen) atoms. The zero-order valence-corrected chi connectivity index (χ0v) is 11.6. The molecule has 0 bridgehead atoms. The summed E-state index contributed by atoms with van der Waals surface area (Å²) in [6.45, 7) is 2.07. The molecule has 0 fully saturated rings. The lowest BCUT2D eigenvalue weighted by Crippen LogP contribution is -1.91. The molecule has 0 amide bonds. The van der Waals surface area contributed by atoms with Crippen LogP contribution in [0.1, 0.15) is 5.56 Å². The number of hydrogen-bond donors (Lipinski definition) is 1. The van der Waals surface area contributed by atoms with Gasteiger partial charge in [0, 0.05) is 17.3 Å². The Balaban J connectivity index is 2.16. The van der Waals surface area contributed by atoms with E-state index in [0.717, 1.165) is 21.8 Å². The number of nitrogen functional groups attached to an aromatic ring is 1. The Morgan fingerprint density at radius 3 is 2.74 bits per heavy atom. The molecule has 3 rings (SSSR count). The normalized spacial score (nSPS) is 10.8. The number of ether oxygens (including phenoxy) is 1. The van der Waals surface area contributed by atoms with Gasteiger partial charge in [-0.1, -0.05) is 12.1 Å². The summed E-state index contributed by atoms with van der Waals surface area (Å²) in [4.78, 5) is 4.70. The first-order valence-electron chi connectivity index (χ1n) is 5.99. The van der Waals surface area contributed by atoms with Crippen LogP contribution >= 0.6 is 11.3 Å². The summed E-state index contributed by atoms with van der Waals surface area (Å²) < 4.78 is 6.35. The van der Waals surface area contributed by atoms with Crippen LogP contribution in [0.2, 0.25) is 0 Å². The molecule has 3 aromatic rings. The van der Waals surface area contributed by atoms with E-state index < -0.39 is 0 Å². The molecule has 0 unspecified atom stereocenters. The lowest BCUT2D eigenvalue weighted by molar-refractivity contribution is 0.415. The van der Waals surface area contributed by atoms with Crippen LogP contribution in [0.4, 0.5) is 5.69 Å². The van der Waals surface area contributed by atoms with Crippen molar-refractivity contribution in [2.75, 3.05) is 12.8 Å². The van der Waals surface area contributed by atoms with Crippen molar-refractivity contribution in [3.63, 3.8) is 0 Å². The van der Waals surface area contributed by atoms with Gasteiger partial charge in [0.05, 0.1) is 17.3 Å². The molecule has 0 radical (unpaired) electrons. The molecule has 0 aliphatic heterocycles. The van der Waals surface area contributed by atoms with Crippen molar-refractivity contribution >= 4 is 27.2 Å². The van der Waals surface area contributed by atoms with E-state index in [0.29, 0.717) is 5.69 Å². The highest BCUT2D eigenvalue weighted by atomic mass is 32.1. The molecular weight excluding hydrogens is 256 g/mol. The molecule has 0 saturated carbocycles. The predicted octanol–water partition coefficient (Wildman–Crippen LogP) is 3.86. The summed E-state index contributed by atoms with van der Waals surface area (Å²) in [5.74, 6) is 0.763. The lowest BCUT2D eigenvalue weighted by atomic mass is 10.2. The number of anilines is 1. The van der Waals surface area contributed by atoms with Crippen molar-refractivity contribution in [3.8, 4) is 16.3 Å². The average molecular weight is 270 g/mol. The van der Waals surface area contributed by atoms with E-state index in [1.165, 1.54) is 10.3 Å². The van der Waals surface area contributed by atoms with E-state index in [4.69, 9.17) is 15.5 Å². The minimum Gasteiger partial charge on any atom is -0.497 e. The molecule has 0 saturated heterocycles. The smallest absolute Gasteiger partial charge is 0.126 e. The van der Waals surface area contributed by atoms with Crippen molar-refractivity contribution in [1.29, 1.82) is 0 Å². The van der Waals surface area contributed by atoms with Gasteiger partial charge in [0.15, 0.2) is 0 Å². The molecule has 96 valence electrons. The van der Waals surface area contributed by atoms with Crippen LogP contribution < -0.4 is 10.5 Å². The maximum Gasteiger partial charge on any atom is 0.126 e. The first kappa shape index (κ1) is 12.0. The zero-order chi connectivity index (χ0) is 13.4. The average Bonchev–Trinajstić information content (AvgIpc) is 2.83. The minimum absolute atomic E-state index is 0.691. The fourth-order valence-electron chi connectivity index (χ4n) is 2.06. The van der Waals surface area contributed by atoms with Crippen LogP contribution in [-0.2, 0) is 0 Å². The van der Waals surface area contributed by atoms with Crippen LogP contribution in [0.15, 0.2) is 36.4 Å². The SMILES string of the molecule is COc1ccc(-c2nc3c(C)cccc3s2)c(N)c1. The van der Waals surface area contributed by atoms with E-state index in [9.17, 15) is 0 Å². The third kappa shape index (κ3) is 2.04. The fraction of sp³-hybridized carbons (Fsp3) is 0.133. The molecular formula is C15H14N2OS. The van der Waals surface area contributed by atoms with Crippen molar-refractivity contribution in [1.82, 2.24) is 4.98 Å². The Morgan fingerprint density at radius 1 is 1.21 bits per heavy atom. The maximum atomic E-state index is 6.08. The second kappa shape index (κ2) is 4.55. The van der Waals surface area contributed by atoms with Gasteiger partial charge in [0.25, 0.3) is 0 Å². The van der Waals surface area contributed by atoms with E-state index in [-0.39, 0.29) is 0 Å². The van der Waals surface area contributed by atoms with Crippen molar-refractivity contribution in [2.24, 2.45) is 0 Å². The fourth-order valence-corrected chi connectivity index (χ4v) is 3.15. The number of hydrogen-bond acceptors (Lipinski definition) is 4. The second-order valence-electron chi connectivity index (χ2n) is 4.39. The molecule has 2 aromatic carbocycles. The van der Waals surface area contributed by atoms with Crippen LogP contribution in [0.25, 0.3) is 20.8 Å². The molecule has 0 spiro atoms. The second-order valence-corrected chi connectivity index (χ2v) is 5.42. The third-order valence-corrected chi connectivity index (χ3v) is 4.16. The molecule has 4 heteroatoms. The Kier molecular flexibility index (Phi) is 2.87. The highest BCUT2D eigenvalue weighted by Gasteiger charge is 2.11. The summed E-state index contributed by atoms with van der Waals surface area (Å²) >= 11 is 1.66. The van der Waals surface area contributed by atoms with Crippen LogP contribution in [0, 0.1) is 6.92 Å². The number of methoxy groups -OCH3 is 1. The number of nitrogens with two attached hydrogens (primary N) is 1. The van der Waals surface area contributed by atoms with Gasteiger partial charge in [-0.3, -0.25) is 0 Å². The summed E-state index contributed by atoms with van der Waals surface area (Å²) in [6.07, 6.45) is 0. The highest BCUT2D eigenvalue weighted by molar-refractivity contribution is 7.21. The molecule has 0 atom stereocenters. The first-order valence-corrected chi connectivity index (χ1v) is 6.81. The number of para-hydroxylation sites is 1. The van der Waals surface area contributed by atoms with Crippen LogP contribution in [0.5, 0.6) is 5.75 Å². The van der Waals surface area contributed by atoms with Gasteiger partial charge >= 0.3 is 0 Å². The number of nitrogens with zero attached hydrogens (tertiary/aromatic N) is 1. The third-order valence-electron chi connectivity index (χ3n) is 3.11. The number of rotatable bonds is 2. The summed E-state index contributed by atoms with van der Waals surface area (Å²) in [5, 5.41) is 0.949. The van der Waals surface area contributed by atoms with Gasteiger partial charge in [0.1, 0.15) is 10.8 Å². The van der Waals surface area contributed by atoms with Gasteiger partial charge < -0.3 is 10.5 Å². The van der Waals surface area contributed by atoms with Crippen molar-refractivity contribution in [3.05, 3.63) is 42.0 Å². The van der Waals surface area contributed by atoms with E-state index in [1.807, 2.05) is 18.2 Å². The van der Waals surface area contributed by atoms with Crippen molar-refractivity contribution in [2.45, 2.75) is 6.92 Å². The number of aryl methyl sites for hydroxylation is 1. The zero-order valence-electron chi connectivity index (χ0n) is 10.8. The molecule has 2 N–H and O–H groups in total. The van der Waals surface area contributed by atoms with E-state index in [2.05, 4.69) is 25.1 Å². The Labute approximate surface area is 115 Å². The number of thiazole rings is 1. The number of fused-ring (bicyclic) bond motifs is 1. The topological polar surface area (TPSA) is 48.1 Å². The predicted molar refractivity (Wildman–Crippen MR) is 80.8 cm³/mol. The van der Waals surface area contributed by atoms with Crippen molar-refractivity contribution < 1.29 is 4.74 Å². The molecule has 1 aromatic heterocycles. The summed E-state index contributed by atoms with van der Waals surface area (Å²) in [7, 11) is 1.63. The monoisotopic (exact) mass is 270 g/mol. The van der Waals surface area contributed by atoms with Gasteiger partial charge in [0.2, 0.25) is 0 Å². The first-order chi connectivity index (χ1) is 9.19. The van der Waals surface area contributed by atoms with E-state index >= 15 is 0 Å². The largest absolute Gasteiger partial charge is 0.497 e. The van der Waals surface area contributed by atoms with Crippen LogP contribution in [0.3, 0.4) is 0 Å². The summed E-state index contributed by atoms with van der Waals surface area (Å²) in [5.41, 5.74) is 9.97. The van der Waals surface area contributed by atoms with Gasteiger partial charge in [-0.25, -0.2) is 4.98 Å². The highest BCUT2D eigenvalue weighted by Crippen LogP contribution is 2.35. The quantitative estimate of drug-likeness (QED) is 0.719. The minimum atomic E-state index is 0.691. The Morgan fingerprint density at radius 2 is 2.05 bits per heavy atom. The van der Waals surface area contributed by atoms with Gasteiger partial charge in [-0.2, -0.15) is 0 Å². The Hall–Kier alpha value is -2.07. The van der Waals surface area contributed by atoms with Gasteiger partial charge in [-0.05, 0) is 30.7 Å². The Bertz CT molecular complexity index is 749. The molecule has 0 aliphatic carbocycles. The van der Waals surface area contributed by atoms with E-state index in [1.54, 1.807) is 18.4 Å². The molecule has 0 aliphatic rings. The number of benzene rings is 2. The summed E-state index contributed by atoms with van der Waals surface area (Å²) in [6, 6.07) is 11.9. The standard InChI is InChI=1S/C15H14N2OS/c1-9-4-3-5-13-14(9)17-15(19-13)11-7-6-10(18-2)8-12(11)16/h3-8H,16H2,1-2H3. The lowest BCUT2D eigenvalue weighted by Gasteiger charge is -2.04. The number of aromatic nitrogens is 1. The maximum absolute atomic E-state index is 6.08. The molecule has 3 nitrogen and oxygen atoms in total. The van der Waals surface area contributed by atoms with Crippen LogP contribution in [-0.4, -0.2) is 12.1 Å². The van der Waals surface area contributed by atoms with Gasteiger partial charge in [-0.15, -0.1) is 11.3 Å². The molecule has 1 heterocycles.